The van der Waals surface area contributed by atoms with Gasteiger partial charge in [0, 0.05) is 31.0 Å². The normalized spacial score (nSPS) is 10.4. The topological polar surface area (TPSA) is 71.1 Å². The van der Waals surface area contributed by atoms with Gasteiger partial charge in [0.05, 0.1) is 5.56 Å². The SMILES string of the molecule is CC(C)CC(=O)NCc1ccc(NC(=O)c2cccnc2)cc1. The molecule has 2 rings (SSSR count). The van der Waals surface area contributed by atoms with Crippen LogP contribution >= 0.6 is 0 Å². The summed E-state index contributed by atoms with van der Waals surface area (Å²) < 4.78 is 0. The second-order valence-electron chi connectivity index (χ2n) is 5.77. The number of nitrogens with zero attached hydrogens (tertiary/aromatic N) is 1. The Balaban J connectivity index is 1.87. The Hall–Kier alpha value is -2.69. The quantitative estimate of drug-likeness (QED) is 0.861. The Labute approximate surface area is 136 Å². The number of carbonyl (C=O) groups is 2. The van der Waals surface area contributed by atoms with E-state index in [0.29, 0.717) is 30.1 Å². The van der Waals surface area contributed by atoms with E-state index in [1.165, 1.54) is 6.20 Å². The number of aromatic nitrogens is 1. The van der Waals surface area contributed by atoms with Gasteiger partial charge in [-0.1, -0.05) is 26.0 Å². The van der Waals surface area contributed by atoms with Gasteiger partial charge in [-0.15, -0.1) is 0 Å². The smallest absolute Gasteiger partial charge is 0.257 e. The van der Waals surface area contributed by atoms with E-state index >= 15 is 0 Å². The second kappa shape index (κ2) is 8.08. The maximum absolute atomic E-state index is 12.0. The molecule has 1 aromatic heterocycles. The lowest BCUT2D eigenvalue weighted by Crippen LogP contribution is -2.23. The highest BCUT2D eigenvalue weighted by molar-refractivity contribution is 6.03. The van der Waals surface area contributed by atoms with Crippen LogP contribution in [0.2, 0.25) is 0 Å². The maximum Gasteiger partial charge on any atom is 0.257 e. The van der Waals surface area contributed by atoms with E-state index < -0.39 is 0 Å². The zero-order valence-corrected chi connectivity index (χ0v) is 13.4. The minimum absolute atomic E-state index is 0.0500. The van der Waals surface area contributed by atoms with Crippen LogP contribution in [0.4, 0.5) is 5.69 Å². The summed E-state index contributed by atoms with van der Waals surface area (Å²) in [5.41, 5.74) is 2.20. The Bertz CT molecular complexity index is 652. The molecule has 1 heterocycles. The van der Waals surface area contributed by atoms with Crippen LogP contribution in [0.3, 0.4) is 0 Å². The van der Waals surface area contributed by atoms with Crippen LogP contribution in [0.15, 0.2) is 48.8 Å². The summed E-state index contributed by atoms with van der Waals surface area (Å²) in [7, 11) is 0. The molecule has 0 aliphatic heterocycles. The number of rotatable bonds is 6. The molecule has 0 atom stereocenters. The molecule has 120 valence electrons. The predicted octanol–water partition coefficient (Wildman–Crippen LogP) is 3.00. The van der Waals surface area contributed by atoms with E-state index in [9.17, 15) is 9.59 Å². The first-order chi connectivity index (χ1) is 11.0. The summed E-state index contributed by atoms with van der Waals surface area (Å²) in [4.78, 5) is 27.6. The maximum atomic E-state index is 12.0. The zero-order valence-electron chi connectivity index (χ0n) is 13.4. The van der Waals surface area contributed by atoms with Gasteiger partial charge in [0.2, 0.25) is 5.91 Å². The molecule has 2 amide bonds. The van der Waals surface area contributed by atoms with E-state index in [0.717, 1.165) is 5.56 Å². The number of carbonyl (C=O) groups excluding carboxylic acids is 2. The first kappa shape index (κ1) is 16.7. The van der Waals surface area contributed by atoms with Gasteiger partial charge in [-0.2, -0.15) is 0 Å². The van der Waals surface area contributed by atoms with Crippen LogP contribution in [0.5, 0.6) is 0 Å². The predicted molar refractivity (Wildman–Crippen MR) is 89.9 cm³/mol. The summed E-state index contributed by atoms with van der Waals surface area (Å²) in [5.74, 6) is 0.199. The number of amides is 2. The van der Waals surface area contributed by atoms with Crippen molar-refractivity contribution in [3.05, 3.63) is 59.9 Å². The monoisotopic (exact) mass is 311 g/mol. The number of benzene rings is 1. The molecule has 5 nitrogen and oxygen atoms in total. The van der Waals surface area contributed by atoms with Gasteiger partial charge >= 0.3 is 0 Å². The summed E-state index contributed by atoms with van der Waals surface area (Å²) in [6, 6.07) is 10.8. The molecule has 0 saturated carbocycles. The Morgan fingerprint density at radius 1 is 1.13 bits per heavy atom. The molecule has 5 heteroatoms. The van der Waals surface area contributed by atoms with Crippen molar-refractivity contribution >= 4 is 17.5 Å². The lowest BCUT2D eigenvalue weighted by Gasteiger charge is -2.09. The fraction of sp³-hybridized carbons (Fsp3) is 0.278. The number of hydrogen-bond donors (Lipinski definition) is 2. The van der Waals surface area contributed by atoms with Crippen molar-refractivity contribution in [2.75, 3.05) is 5.32 Å². The Morgan fingerprint density at radius 3 is 2.48 bits per heavy atom. The van der Waals surface area contributed by atoms with Gasteiger partial charge in [0.25, 0.3) is 5.91 Å². The third kappa shape index (κ3) is 5.54. The standard InChI is InChI=1S/C18H21N3O2/c1-13(2)10-17(22)20-11-14-5-7-16(8-6-14)21-18(23)15-4-3-9-19-12-15/h3-9,12-13H,10-11H2,1-2H3,(H,20,22)(H,21,23). The molecule has 2 aromatic rings. The van der Waals surface area contributed by atoms with Crippen molar-refractivity contribution in [3.63, 3.8) is 0 Å². The fourth-order valence-electron chi connectivity index (χ4n) is 2.05. The molecule has 0 radical (unpaired) electrons. The van der Waals surface area contributed by atoms with Crippen molar-refractivity contribution in [2.24, 2.45) is 5.92 Å². The largest absolute Gasteiger partial charge is 0.352 e. The van der Waals surface area contributed by atoms with E-state index in [-0.39, 0.29) is 11.8 Å². The molecular formula is C18H21N3O2. The van der Waals surface area contributed by atoms with Crippen LogP contribution in [-0.2, 0) is 11.3 Å². The Morgan fingerprint density at radius 2 is 1.87 bits per heavy atom. The summed E-state index contributed by atoms with van der Waals surface area (Å²) in [6.07, 6.45) is 3.67. The molecule has 23 heavy (non-hydrogen) atoms. The molecule has 0 aliphatic carbocycles. The van der Waals surface area contributed by atoms with Crippen molar-refractivity contribution in [3.8, 4) is 0 Å². The van der Waals surface area contributed by atoms with E-state index in [4.69, 9.17) is 0 Å². The molecule has 0 fully saturated rings. The van der Waals surface area contributed by atoms with Crippen molar-refractivity contribution in [1.29, 1.82) is 0 Å². The molecular weight excluding hydrogens is 290 g/mol. The van der Waals surface area contributed by atoms with Crippen molar-refractivity contribution in [1.82, 2.24) is 10.3 Å². The van der Waals surface area contributed by atoms with Crippen molar-refractivity contribution < 1.29 is 9.59 Å². The zero-order chi connectivity index (χ0) is 16.7. The highest BCUT2D eigenvalue weighted by Crippen LogP contribution is 2.11. The summed E-state index contributed by atoms with van der Waals surface area (Å²) in [5, 5.41) is 5.69. The summed E-state index contributed by atoms with van der Waals surface area (Å²) in [6.45, 7) is 4.51. The van der Waals surface area contributed by atoms with Gasteiger partial charge in [0.1, 0.15) is 0 Å². The minimum atomic E-state index is -0.198. The molecule has 0 saturated heterocycles. The summed E-state index contributed by atoms with van der Waals surface area (Å²) >= 11 is 0. The van der Waals surface area contributed by atoms with Gasteiger partial charge in [-0.05, 0) is 35.7 Å². The lowest BCUT2D eigenvalue weighted by molar-refractivity contribution is -0.121. The second-order valence-corrected chi connectivity index (χ2v) is 5.77. The number of nitrogens with one attached hydrogen (secondary N) is 2. The molecule has 2 N–H and O–H groups in total. The highest BCUT2D eigenvalue weighted by atomic mass is 16.2. The van der Waals surface area contributed by atoms with E-state index in [1.54, 1.807) is 18.3 Å². The lowest BCUT2D eigenvalue weighted by atomic mass is 10.1. The van der Waals surface area contributed by atoms with Crippen LogP contribution in [-0.4, -0.2) is 16.8 Å². The van der Waals surface area contributed by atoms with Crippen molar-refractivity contribution in [2.45, 2.75) is 26.8 Å². The first-order valence-electron chi connectivity index (χ1n) is 7.61. The van der Waals surface area contributed by atoms with Gasteiger partial charge in [-0.3, -0.25) is 14.6 Å². The Kier molecular flexibility index (Phi) is 5.86. The van der Waals surface area contributed by atoms with E-state index in [2.05, 4.69) is 15.6 Å². The van der Waals surface area contributed by atoms with Gasteiger partial charge in [0.15, 0.2) is 0 Å². The van der Waals surface area contributed by atoms with Crippen LogP contribution in [0, 0.1) is 5.92 Å². The molecule has 0 spiro atoms. The molecule has 0 aliphatic rings. The van der Waals surface area contributed by atoms with Gasteiger partial charge in [-0.25, -0.2) is 0 Å². The minimum Gasteiger partial charge on any atom is -0.352 e. The third-order valence-corrected chi connectivity index (χ3v) is 3.22. The average molecular weight is 311 g/mol. The molecule has 0 unspecified atom stereocenters. The third-order valence-electron chi connectivity index (χ3n) is 3.22. The van der Waals surface area contributed by atoms with Gasteiger partial charge < -0.3 is 10.6 Å². The average Bonchev–Trinajstić information content (AvgIpc) is 2.54. The number of anilines is 1. The van der Waals surface area contributed by atoms with Crippen LogP contribution < -0.4 is 10.6 Å². The molecule has 1 aromatic carbocycles. The van der Waals surface area contributed by atoms with Crippen LogP contribution in [0.25, 0.3) is 0 Å². The number of hydrogen-bond acceptors (Lipinski definition) is 3. The highest BCUT2D eigenvalue weighted by Gasteiger charge is 2.06. The molecule has 0 bridgehead atoms. The first-order valence-corrected chi connectivity index (χ1v) is 7.61. The van der Waals surface area contributed by atoms with Crippen LogP contribution in [0.1, 0.15) is 36.2 Å². The fourth-order valence-corrected chi connectivity index (χ4v) is 2.05. The van der Waals surface area contributed by atoms with E-state index in [1.807, 2.05) is 38.1 Å². The number of pyridine rings is 1.